The first-order chi connectivity index (χ1) is 9.52. The summed E-state index contributed by atoms with van der Waals surface area (Å²) in [7, 11) is 1.59. The molecule has 0 saturated heterocycles. The van der Waals surface area contributed by atoms with E-state index in [1.807, 2.05) is 0 Å². The van der Waals surface area contributed by atoms with Gasteiger partial charge in [0.15, 0.2) is 0 Å². The van der Waals surface area contributed by atoms with E-state index in [1.54, 1.807) is 25.3 Å². The molecule has 3 N–H and O–H groups in total. The monoisotopic (exact) mass is 356 g/mol. The molecule has 0 spiro atoms. The molecule has 0 heterocycles. The predicted molar refractivity (Wildman–Crippen MR) is 86.4 cm³/mol. The predicted octanol–water partition coefficient (Wildman–Crippen LogP) is 1.80. The van der Waals surface area contributed by atoms with E-state index in [-0.39, 0.29) is 31.4 Å². The molecule has 0 bridgehead atoms. The molecule has 0 aromatic heterocycles. The zero-order valence-electron chi connectivity index (χ0n) is 11.6. The maximum Gasteiger partial charge on any atom is 0.234 e. The number of benzene rings is 1. The second kappa shape index (κ2) is 11.1. The van der Waals surface area contributed by atoms with Crippen molar-refractivity contribution >= 4 is 41.5 Å². The molecule has 1 amide bonds. The Labute approximate surface area is 140 Å². The molecule has 1 aromatic rings. The average Bonchev–Trinajstić information content (AvgIpc) is 2.40. The van der Waals surface area contributed by atoms with E-state index in [2.05, 4.69) is 10.6 Å². The van der Waals surface area contributed by atoms with Crippen molar-refractivity contribution in [3.8, 4) is 0 Å². The molecular formula is C13H19Cl3N2O3. The summed E-state index contributed by atoms with van der Waals surface area (Å²) in [4.78, 5) is 11.5. The SMILES string of the molecule is COCCNCC(=O)NCC(O)c1cc(Cl)cc(Cl)c1.Cl. The number of carbonyl (C=O) groups is 1. The van der Waals surface area contributed by atoms with Crippen molar-refractivity contribution in [2.75, 3.05) is 33.4 Å². The maximum absolute atomic E-state index is 11.5. The lowest BCUT2D eigenvalue weighted by atomic mass is 10.1. The Morgan fingerprint density at radius 2 is 1.95 bits per heavy atom. The van der Waals surface area contributed by atoms with Crippen molar-refractivity contribution in [3.05, 3.63) is 33.8 Å². The van der Waals surface area contributed by atoms with Crippen LogP contribution in [0.1, 0.15) is 11.7 Å². The van der Waals surface area contributed by atoms with E-state index in [1.165, 1.54) is 0 Å². The van der Waals surface area contributed by atoms with Gasteiger partial charge in [-0.05, 0) is 23.8 Å². The molecule has 1 unspecified atom stereocenters. The average molecular weight is 358 g/mol. The lowest BCUT2D eigenvalue weighted by Gasteiger charge is -2.13. The normalized spacial score (nSPS) is 11.6. The molecule has 0 aliphatic carbocycles. The van der Waals surface area contributed by atoms with Crippen molar-refractivity contribution in [2.24, 2.45) is 0 Å². The second-order valence-electron chi connectivity index (χ2n) is 4.19. The fourth-order valence-electron chi connectivity index (χ4n) is 1.53. The van der Waals surface area contributed by atoms with E-state index >= 15 is 0 Å². The van der Waals surface area contributed by atoms with E-state index in [0.29, 0.717) is 28.8 Å². The highest BCUT2D eigenvalue weighted by Gasteiger charge is 2.11. The topological polar surface area (TPSA) is 70.6 Å². The standard InChI is InChI=1S/C13H18Cl2N2O3.ClH/c1-20-3-2-16-8-13(19)17-7-12(18)9-4-10(14)6-11(15)5-9;/h4-6,12,16,18H,2-3,7-8H2,1H3,(H,17,19);1H. The highest BCUT2D eigenvalue weighted by atomic mass is 35.5. The molecule has 1 aromatic carbocycles. The molecule has 0 saturated carbocycles. The summed E-state index contributed by atoms with van der Waals surface area (Å²) in [6.45, 7) is 1.40. The Hall–Kier alpha value is -0.560. The van der Waals surface area contributed by atoms with Crippen molar-refractivity contribution in [1.29, 1.82) is 0 Å². The molecule has 1 rings (SSSR count). The summed E-state index contributed by atoms with van der Waals surface area (Å²) in [6.07, 6.45) is -0.853. The van der Waals surface area contributed by atoms with Gasteiger partial charge in [0.05, 0.1) is 19.3 Å². The van der Waals surface area contributed by atoms with Crippen LogP contribution in [0, 0.1) is 0 Å². The van der Waals surface area contributed by atoms with Crippen molar-refractivity contribution < 1.29 is 14.6 Å². The van der Waals surface area contributed by atoms with Gasteiger partial charge in [0.25, 0.3) is 0 Å². The smallest absolute Gasteiger partial charge is 0.234 e. The molecule has 120 valence electrons. The number of methoxy groups -OCH3 is 1. The van der Waals surface area contributed by atoms with E-state index in [0.717, 1.165) is 0 Å². The highest BCUT2D eigenvalue weighted by molar-refractivity contribution is 6.34. The lowest BCUT2D eigenvalue weighted by Crippen LogP contribution is -2.37. The molecule has 0 radical (unpaired) electrons. The van der Waals surface area contributed by atoms with Crippen LogP contribution in [0.4, 0.5) is 0 Å². The van der Waals surface area contributed by atoms with Gasteiger partial charge in [0.2, 0.25) is 5.91 Å². The first-order valence-electron chi connectivity index (χ1n) is 6.13. The summed E-state index contributed by atoms with van der Waals surface area (Å²) >= 11 is 11.7. The van der Waals surface area contributed by atoms with Gasteiger partial charge in [-0.15, -0.1) is 12.4 Å². The molecule has 0 aliphatic heterocycles. The van der Waals surface area contributed by atoms with Gasteiger partial charge in [-0.1, -0.05) is 23.2 Å². The summed E-state index contributed by atoms with van der Waals surface area (Å²) in [5.74, 6) is -0.201. The number of hydrogen-bond acceptors (Lipinski definition) is 4. The molecule has 21 heavy (non-hydrogen) atoms. The van der Waals surface area contributed by atoms with Crippen LogP contribution < -0.4 is 10.6 Å². The van der Waals surface area contributed by atoms with Crippen LogP contribution >= 0.6 is 35.6 Å². The number of carbonyl (C=O) groups excluding carboxylic acids is 1. The van der Waals surface area contributed by atoms with Crippen LogP contribution in [0.5, 0.6) is 0 Å². The number of rotatable bonds is 8. The molecule has 1 atom stereocenters. The third-order valence-corrected chi connectivity index (χ3v) is 2.97. The van der Waals surface area contributed by atoms with Crippen LogP contribution in [-0.2, 0) is 9.53 Å². The Bertz CT molecular complexity index is 426. The summed E-state index contributed by atoms with van der Waals surface area (Å²) in [5.41, 5.74) is 0.565. The fraction of sp³-hybridized carbons (Fsp3) is 0.462. The number of amides is 1. The maximum atomic E-state index is 11.5. The van der Waals surface area contributed by atoms with Crippen molar-refractivity contribution in [2.45, 2.75) is 6.10 Å². The minimum absolute atomic E-state index is 0. The van der Waals surface area contributed by atoms with Gasteiger partial charge in [-0.2, -0.15) is 0 Å². The summed E-state index contributed by atoms with van der Waals surface area (Å²) in [5, 5.41) is 16.4. The molecule has 0 aliphatic rings. The Kier molecular flexibility index (Phi) is 10.8. The third-order valence-electron chi connectivity index (χ3n) is 2.53. The number of ether oxygens (including phenoxy) is 1. The first kappa shape index (κ1) is 20.4. The molecule has 8 heteroatoms. The highest BCUT2D eigenvalue weighted by Crippen LogP contribution is 2.23. The van der Waals surface area contributed by atoms with Crippen LogP contribution in [0.2, 0.25) is 10.0 Å². The second-order valence-corrected chi connectivity index (χ2v) is 5.07. The molecule has 0 fully saturated rings. The van der Waals surface area contributed by atoms with E-state index in [9.17, 15) is 9.90 Å². The van der Waals surface area contributed by atoms with Gasteiger partial charge in [0.1, 0.15) is 0 Å². The largest absolute Gasteiger partial charge is 0.387 e. The minimum Gasteiger partial charge on any atom is -0.387 e. The van der Waals surface area contributed by atoms with Crippen molar-refractivity contribution in [1.82, 2.24) is 10.6 Å². The first-order valence-corrected chi connectivity index (χ1v) is 6.89. The summed E-state index contributed by atoms with van der Waals surface area (Å²) in [6, 6.07) is 4.81. The van der Waals surface area contributed by atoms with Gasteiger partial charge in [-0.25, -0.2) is 0 Å². The summed E-state index contributed by atoms with van der Waals surface area (Å²) < 4.78 is 4.84. The van der Waals surface area contributed by atoms with Gasteiger partial charge in [0, 0.05) is 30.2 Å². The van der Waals surface area contributed by atoms with Crippen LogP contribution in [0.15, 0.2) is 18.2 Å². The van der Waals surface area contributed by atoms with Crippen LogP contribution in [0.3, 0.4) is 0 Å². The van der Waals surface area contributed by atoms with Gasteiger partial charge in [-0.3, -0.25) is 4.79 Å². The zero-order chi connectivity index (χ0) is 15.0. The lowest BCUT2D eigenvalue weighted by molar-refractivity contribution is -0.120. The fourth-order valence-corrected chi connectivity index (χ4v) is 2.08. The van der Waals surface area contributed by atoms with Crippen LogP contribution in [0.25, 0.3) is 0 Å². The van der Waals surface area contributed by atoms with Gasteiger partial charge < -0.3 is 20.5 Å². The number of halogens is 3. The number of aliphatic hydroxyl groups is 1. The van der Waals surface area contributed by atoms with E-state index in [4.69, 9.17) is 27.9 Å². The van der Waals surface area contributed by atoms with Gasteiger partial charge >= 0.3 is 0 Å². The number of hydrogen-bond donors (Lipinski definition) is 3. The molecular weight excluding hydrogens is 339 g/mol. The Morgan fingerprint density at radius 3 is 2.52 bits per heavy atom. The van der Waals surface area contributed by atoms with Crippen molar-refractivity contribution in [3.63, 3.8) is 0 Å². The zero-order valence-corrected chi connectivity index (χ0v) is 13.9. The Morgan fingerprint density at radius 1 is 1.33 bits per heavy atom. The minimum atomic E-state index is -0.853. The quantitative estimate of drug-likeness (QED) is 0.621. The van der Waals surface area contributed by atoms with E-state index < -0.39 is 6.10 Å². The molecule has 5 nitrogen and oxygen atoms in total. The van der Waals surface area contributed by atoms with Crippen LogP contribution in [-0.4, -0.2) is 44.4 Å². The number of nitrogens with one attached hydrogen (secondary N) is 2. The number of aliphatic hydroxyl groups excluding tert-OH is 1. The third kappa shape index (κ3) is 8.46. The Balaban J connectivity index is 0.00000400.